The summed E-state index contributed by atoms with van der Waals surface area (Å²) in [6.45, 7) is 1.79. The van der Waals surface area contributed by atoms with Crippen molar-refractivity contribution < 1.29 is 13.9 Å². The van der Waals surface area contributed by atoms with Crippen LogP contribution in [0.4, 0.5) is 21.6 Å². The highest BCUT2D eigenvalue weighted by Gasteiger charge is 2.37. The molecular weight excluding hydrogens is 529 g/mol. The SMILES string of the molecule is CNSNc1cccc(Oc2c(C(=O)NC3CC3)c(Nc3ccc(C)cc3F)n(C)c(=O)c2C2CC2)c1Cl. The van der Waals surface area contributed by atoms with E-state index in [4.69, 9.17) is 16.3 Å². The Morgan fingerprint density at radius 1 is 1.16 bits per heavy atom. The first-order valence-electron chi connectivity index (χ1n) is 12.4. The van der Waals surface area contributed by atoms with Gasteiger partial charge in [0.2, 0.25) is 0 Å². The molecule has 38 heavy (non-hydrogen) atoms. The molecule has 1 amide bonds. The van der Waals surface area contributed by atoms with Crippen LogP contribution in [0.25, 0.3) is 0 Å². The molecule has 0 atom stereocenters. The summed E-state index contributed by atoms with van der Waals surface area (Å²) in [4.78, 5) is 27.4. The fourth-order valence-corrected chi connectivity index (χ4v) is 4.85. The minimum atomic E-state index is -0.497. The second kappa shape index (κ2) is 10.9. The number of halogens is 2. The standard InChI is InChI=1S/C27H29ClFN5O3S/c1-14-7-12-18(17(29)13-14)32-25-22(26(35)31-16-10-11-16)24(21(15-8-9-15)27(36)34(25)3)37-20-6-4-5-19(23(20)28)33-38-30-2/h4-7,12-13,15-16,30,32-33H,8-11H2,1-3H3,(H,31,35). The number of nitrogens with zero attached hydrogens (tertiary/aromatic N) is 1. The van der Waals surface area contributed by atoms with Gasteiger partial charge >= 0.3 is 0 Å². The molecule has 0 spiro atoms. The van der Waals surface area contributed by atoms with Crippen molar-refractivity contribution in [2.45, 2.75) is 44.6 Å². The molecule has 1 aromatic heterocycles. The van der Waals surface area contributed by atoms with Crippen LogP contribution >= 0.6 is 23.7 Å². The third-order valence-corrected chi connectivity index (χ3v) is 7.44. The monoisotopic (exact) mass is 557 g/mol. The first-order chi connectivity index (χ1) is 18.3. The van der Waals surface area contributed by atoms with Gasteiger partial charge in [0.05, 0.1) is 16.9 Å². The number of aryl methyl sites for hydroxylation is 1. The maximum atomic E-state index is 14.9. The molecule has 0 aliphatic heterocycles. The van der Waals surface area contributed by atoms with E-state index >= 15 is 0 Å². The summed E-state index contributed by atoms with van der Waals surface area (Å²) >= 11 is 7.90. The second-order valence-electron chi connectivity index (χ2n) is 9.59. The molecular formula is C27H29ClFN5O3S. The van der Waals surface area contributed by atoms with E-state index in [0.29, 0.717) is 16.3 Å². The molecule has 2 saturated carbocycles. The average molecular weight is 558 g/mol. The van der Waals surface area contributed by atoms with Gasteiger partial charge in [-0.15, -0.1) is 0 Å². The van der Waals surface area contributed by atoms with E-state index in [1.54, 1.807) is 51.4 Å². The Labute approximate surface area is 229 Å². The van der Waals surface area contributed by atoms with Gasteiger partial charge < -0.3 is 20.1 Å². The largest absolute Gasteiger partial charge is 0.454 e. The van der Waals surface area contributed by atoms with Gasteiger partial charge in [0, 0.05) is 25.2 Å². The zero-order valence-electron chi connectivity index (χ0n) is 21.3. The average Bonchev–Trinajstić information content (AvgIpc) is 3.81. The molecule has 4 N–H and O–H groups in total. The number of hydrogen-bond donors (Lipinski definition) is 4. The molecule has 1 heterocycles. The Morgan fingerprint density at radius 3 is 2.58 bits per heavy atom. The number of pyridine rings is 1. The Morgan fingerprint density at radius 2 is 1.92 bits per heavy atom. The highest BCUT2D eigenvalue weighted by Crippen LogP contribution is 2.48. The third-order valence-electron chi connectivity index (χ3n) is 6.52. The van der Waals surface area contributed by atoms with E-state index in [9.17, 15) is 14.0 Å². The number of benzene rings is 2. The van der Waals surface area contributed by atoms with Crippen molar-refractivity contribution in [1.82, 2.24) is 14.6 Å². The van der Waals surface area contributed by atoms with E-state index < -0.39 is 11.7 Å². The fourth-order valence-electron chi connectivity index (χ4n) is 4.20. The van der Waals surface area contributed by atoms with Crippen LogP contribution in [0.2, 0.25) is 5.02 Å². The van der Waals surface area contributed by atoms with Gasteiger partial charge in [-0.3, -0.25) is 14.2 Å². The third kappa shape index (κ3) is 5.48. The van der Waals surface area contributed by atoms with Crippen molar-refractivity contribution in [2.75, 3.05) is 17.1 Å². The molecule has 8 nitrogen and oxygen atoms in total. The van der Waals surface area contributed by atoms with Gasteiger partial charge in [-0.2, -0.15) is 0 Å². The molecule has 3 aromatic rings. The Hall–Kier alpha value is -3.21. The van der Waals surface area contributed by atoms with Crippen LogP contribution in [-0.2, 0) is 7.05 Å². The number of carbonyl (C=O) groups excluding carboxylic acids is 1. The summed E-state index contributed by atoms with van der Waals surface area (Å²) < 4.78 is 28.6. The quantitative estimate of drug-likeness (QED) is 0.227. The Bertz CT molecular complexity index is 1460. The molecule has 0 radical (unpaired) electrons. The molecule has 2 aliphatic rings. The molecule has 2 aliphatic carbocycles. The molecule has 200 valence electrons. The normalized spacial score (nSPS) is 14.8. The summed E-state index contributed by atoms with van der Waals surface area (Å²) in [5.74, 6) is -0.358. The molecule has 2 aromatic carbocycles. The predicted molar refractivity (Wildman–Crippen MR) is 150 cm³/mol. The van der Waals surface area contributed by atoms with Gasteiger partial charge in [-0.25, -0.2) is 9.11 Å². The lowest BCUT2D eigenvalue weighted by Gasteiger charge is -2.23. The van der Waals surface area contributed by atoms with Crippen molar-refractivity contribution >= 4 is 46.8 Å². The number of amides is 1. The van der Waals surface area contributed by atoms with E-state index in [2.05, 4.69) is 20.1 Å². The smallest absolute Gasteiger partial charge is 0.259 e. The molecule has 2 fully saturated rings. The lowest BCUT2D eigenvalue weighted by molar-refractivity contribution is 0.0948. The van der Waals surface area contributed by atoms with E-state index in [1.807, 2.05) is 0 Å². The van der Waals surface area contributed by atoms with Crippen molar-refractivity contribution in [3.63, 3.8) is 0 Å². The maximum Gasteiger partial charge on any atom is 0.259 e. The first kappa shape index (κ1) is 26.4. The highest BCUT2D eigenvalue weighted by atomic mass is 35.5. The minimum absolute atomic E-state index is 0.0405. The zero-order chi connectivity index (χ0) is 27.0. The van der Waals surface area contributed by atoms with Crippen molar-refractivity contribution in [1.29, 1.82) is 0 Å². The summed E-state index contributed by atoms with van der Waals surface area (Å²) in [5.41, 5.74) is 1.74. The summed E-state index contributed by atoms with van der Waals surface area (Å²) in [5, 5.41) is 6.31. The van der Waals surface area contributed by atoms with Crippen molar-refractivity contribution in [2.24, 2.45) is 7.05 Å². The summed E-state index contributed by atoms with van der Waals surface area (Å²) in [7, 11) is 3.34. The van der Waals surface area contributed by atoms with Crippen LogP contribution in [0.1, 0.15) is 53.1 Å². The number of ether oxygens (including phenoxy) is 1. The fraction of sp³-hybridized carbons (Fsp3) is 0.333. The van der Waals surface area contributed by atoms with E-state index in [1.165, 1.54) is 22.8 Å². The summed E-state index contributed by atoms with van der Waals surface area (Å²) in [6.07, 6.45) is 3.37. The maximum absolute atomic E-state index is 14.9. The van der Waals surface area contributed by atoms with Gasteiger partial charge in [0.15, 0.2) is 5.75 Å². The number of rotatable bonds is 10. The minimum Gasteiger partial charge on any atom is -0.454 e. The van der Waals surface area contributed by atoms with Gasteiger partial charge in [-0.05, 0) is 75.4 Å². The van der Waals surface area contributed by atoms with Crippen LogP contribution in [0.15, 0.2) is 41.2 Å². The van der Waals surface area contributed by atoms with E-state index in [-0.39, 0.29) is 46.1 Å². The molecule has 5 rings (SSSR count). The number of nitrogens with one attached hydrogen (secondary N) is 4. The lowest BCUT2D eigenvalue weighted by atomic mass is 10.1. The highest BCUT2D eigenvalue weighted by molar-refractivity contribution is 7.98. The zero-order valence-corrected chi connectivity index (χ0v) is 22.9. The number of aromatic nitrogens is 1. The van der Waals surface area contributed by atoms with Crippen molar-refractivity contribution in [3.8, 4) is 11.5 Å². The molecule has 0 unspecified atom stereocenters. The Kier molecular flexibility index (Phi) is 7.56. The van der Waals surface area contributed by atoms with E-state index in [0.717, 1.165) is 31.2 Å². The van der Waals surface area contributed by atoms with Crippen LogP contribution in [0, 0.1) is 12.7 Å². The number of carbonyl (C=O) groups is 1. The second-order valence-corrected chi connectivity index (χ2v) is 10.8. The Balaban J connectivity index is 1.68. The van der Waals surface area contributed by atoms with Gasteiger partial charge in [0.1, 0.15) is 28.0 Å². The van der Waals surface area contributed by atoms with Crippen LogP contribution in [0.5, 0.6) is 11.5 Å². The molecule has 0 bridgehead atoms. The van der Waals surface area contributed by atoms with Gasteiger partial charge in [0.25, 0.3) is 11.5 Å². The topological polar surface area (TPSA) is 96.4 Å². The van der Waals surface area contributed by atoms with Crippen LogP contribution in [-0.4, -0.2) is 23.6 Å². The lowest BCUT2D eigenvalue weighted by Crippen LogP contribution is -2.32. The number of hydrogen-bond acceptors (Lipinski definition) is 7. The van der Waals surface area contributed by atoms with Crippen LogP contribution < -0.4 is 30.4 Å². The van der Waals surface area contributed by atoms with Gasteiger partial charge in [-0.1, -0.05) is 23.7 Å². The summed E-state index contributed by atoms with van der Waals surface area (Å²) in [6, 6.07) is 10.0. The molecule has 0 saturated heterocycles. The first-order valence-corrected chi connectivity index (χ1v) is 13.6. The predicted octanol–water partition coefficient (Wildman–Crippen LogP) is 5.99. The number of anilines is 3. The van der Waals surface area contributed by atoms with Crippen LogP contribution in [0.3, 0.4) is 0 Å². The molecule has 11 heteroatoms. The van der Waals surface area contributed by atoms with Crippen molar-refractivity contribution in [3.05, 3.63) is 74.3 Å².